The van der Waals surface area contributed by atoms with Crippen LogP contribution in [-0.2, 0) is 4.79 Å². The average molecular weight is 358 g/mol. The molecule has 2 N–H and O–H groups in total. The lowest BCUT2D eigenvalue weighted by atomic mass is 10.2. The van der Waals surface area contributed by atoms with Crippen molar-refractivity contribution in [3.63, 3.8) is 0 Å². The zero-order chi connectivity index (χ0) is 18.5. The molecule has 0 aromatic heterocycles. The van der Waals surface area contributed by atoms with Crippen molar-refractivity contribution in [1.29, 1.82) is 0 Å². The topological polar surface area (TPSA) is 46.0 Å². The predicted octanol–water partition coefficient (Wildman–Crippen LogP) is 1.49. The molecule has 0 aliphatic carbocycles. The van der Waals surface area contributed by atoms with Gasteiger partial charge < -0.3 is 19.9 Å². The summed E-state index contributed by atoms with van der Waals surface area (Å²) in [4.78, 5) is 15.8. The van der Waals surface area contributed by atoms with E-state index < -0.39 is 0 Å². The van der Waals surface area contributed by atoms with Crippen LogP contribution in [0, 0.1) is 12.7 Å². The van der Waals surface area contributed by atoms with Crippen LogP contribution in [0.15, 0.2) is 42.5 Å². The molecule has 2 aromatic rings. The van der Waals surface area contributed by atoms with Crippen LogP contribution in [0.25, 0.3) is 0 Å². The summed E-state index contributed by atoms with van der Waals surface area (Å²) in [5.74, 6) is 0.460. The van der Waals surface area contributed by atoms with Crippen LogP contribution in [-0.4, -0.2) is 45.7 Å². The van der Waals surface area contributed by atoms with Crippen molar-refractivity contribution in [1.82, 2.24) is 0 Å². The van der Waals surface area contributed by atoms with Gasteiger partial charge in [-0.05, 0) is 36.8 Å². The minimum atomic E-state index is -0.304. The number of benzene rings is 2. The number of methoxy groups -OCH3 is 1. The van der Waals surface area contributed by atoms with E-state index in [0.717, 1.165) is 37.6 Å². The van der Waals surface area contributed by atoms with Gasteiger partial charge in [0, 0.05) is 17.4 Å². The van der Waals surface area contributed by atoms with Crippen molar-refractivity contribution in [2.24, 2.45) is 0 Å². The molecule has 1 saturated heterocycles. The molecule has 138 valence electrons. The summed E-state index contributed by atoms with van der Waals surface area (Å²) in [7, 11) is 1.67. The zero-order valence-corrected chi connectivity index (χ0v) is 15.2. The molecular formula is C20H25FN3O2+. The van der Waals surface area contributed by atoms with E-state index >= 15 is 0 Å². The lowest BCUT2D eigenvalue weighted by Gasteiger charge is -2.33. The summed E-state index contributed by atoms with van der Waals surface area (Å²) < 4.78 is 18.9. The van der Waals surface area contributed by atoms with Crippen molar-refractivity contribution >= 4 is 17.3 Å². The summed E-state index contributed by atoms with van der Waals surface area (Å²) >= 11 is 0. The highest BCUT2D eigenvalue weighted by atomic mass is 19.1. The smallest absolute Gasteiger partial charge is 0.279 e. The maximum Gasteiger partial charge on any atom is 0.279 e. The Kier molecular flexibility index (Phi) is 5.73. The van der Waals surface area contributed by atoms with Gasteiger partial charge in [0.15, 0.2) is 6.54 Å². The van der Waals surface area contributed by atoms with Crippen LogP contribution in [0.3, 0.4) is 0 Å². The minimum absolute atomic E-state index is 0.0851. The van der Waals surface area contributed by atoms with E-state index in [0.29, 0.717) is 17.8 Å². The van der Waals surface area contributed by atoms with Gasteiger partial charge in [-0.3, -0.25) is 4.79 Å². The monoisotopic (exact) mass is 358 g/mol. The van der Waals surface area contributed by atoms with Gasteiger partial charge in [-0.25, -0.2) is 4.39 Å². The highest BCUT2D eigenvalue weighted by Crippen LogP contribution is 2.20. The number of quaternary nitrogens is 1. The number of aryl methyl sites for hydroxylation is 1. The second-order valence-electron chi connectivity index (χ2n) is 6.63. The van der Waals surface area contributed by atoms with E-state index in [9.17, 15) is 9.18 Å². The Morgan fingerprint density at radius 3 is 2.69 bits per heavy atom. The summed E-state index contributed by atoms with van der Waals surface area (Å²) in [6.07, 6.45) is 0. The van der Waals surface area contributed by atoms with Crippen molar-refractivity contribution in [2.75, 3.05) is 50.1 Å². The summed E-state index contributed by atoms with van der Waals surface area (Å²) in [5, 5.41) is 2.79. The Morgan fingerprint density at radius 2 is 2.00 bits per heavy atom. The molecule has 3 rings (SSSR count). The fourth-order valence-corrected chi connectivity index (χ4v) is 3.17. The number of ether oxygens (including phenoxy) is 1. The number of amides is 1. The highest BCUT2D eigenvalue weighted by Gasteiger charge is 2.22. The van der Waals surface area contributed by atoms with E-state index in [1.165, 1.54) is 11.0 Å². The third-order valence-corrected chi connectivity index (χ3v) is 4.76. The van der Waals surface area contributed by atoms with E-state index in [2.05, 4.69) is 16.3 Å². The second-order valence-corrected chi connectivity index (χ2v) is 6.63. The Labute approximate surface area is 153 Å². The molecule has 0 radical (unpaired) electrons. The van der Waals surface area contributed by atoms with Gasteiger partial charge in [0.2, 0.25) is 0 Å². The van der Waals surface area contributed by atoms with Gasteiger partial charge in [-0.1, -0.05) is 12.1 Å². The van der Waals surface area contributed by atoms with Crippen molar-refractivity contribution < 1.29 is 18.8 Å². The maximum atomic E-state index is 13.6. The van der Waals surface area contributed by atoms with Crippen LogP contribution in [0.2, 0.25) is 0 Å². The Morgan fingerprint density at radius 1 is 1.23 bits per heavy atom. The number of hydrogen-bond acceptors (Lipinski definition) is 3. The third kappa shape index (κ3) is 4.52. The maximum absolute atomic E-state index is 13.6. The van der Waals surface area contributed by atoms with Crippen LogP contribution in [0.5, 0.6) is 5.75 Å². The predicted molar refractivity (Wildman–Crippen MR) is 101 cm³/mol. The largest absolute Gasteiger partial charge is 0.497 e. The molecule has 6 heteroatoms. The number of carbonyl (C=O) groups is 1. The molecule has 0 bridgehead atoms. The van der Waals surface area contributed by atoms with Gasteiger partial charge in [0.05, 0.1) is 33.3 Å². The third-order valence-electron chi connectivity index (χ3n) is 4.76. The van der Waals surface area contributed by atoms with Crippen LogP contribution >= 0.6 is 0 Å². The molecule has 1 heterocycles. The molecule has 1 amide bonds. The number of anilines is 2. The van der Waals surface area contributed by atoms with Gasteiger partial charge >= 0.3 is 0 Å². The first-order valence-corrected chi connectivity index (χ1v) is 8.84. The summed E-state index contributed by atoms with van der Waals surface area (Å²) in [6, 6.07) is 12.8. The van der Waals surface area contributed by atoms with Crippen LogP contribution in [0.1, 0.15) is 5.56 Å². The molecule has 2 aromatic carbocycles. The number of carbonyl (C=O) groups excluding carboxylic acids is 1. The van der Waals surface area contributed by atoms with Gasteiger partial charge in [-0.15, -0.1) is 0 Å². The van der Waals surface area contributed by atoms with E-state index in [1.807, 2.05) is 18.2 Å². The van der Waals surface area contributed by atoms with Crippen molar-refractivity contribution in [3.8, 4) is 5.75 Å². The van der Waals surface area contributed by atoms with Crippen LogP contribution in [0.4, 0.5) is 15.8 Å². The van der Waals surface area contributed by atoms with Gasteiger partial charge in [0.25, 0.3) is 5.91 Å². The Bertz CT molecular complexity index is 773. The molecule has 1 aliphatic rings. The lowest BCUT2D eigenvalue weighted by Crippen LogP contribution is -3.15. The Hall–Kier alpha value is -2.60. The first kappa shape index (κ1) is 18.2. The molecule has 26 heavy (non-hydrogen) atoms. The number of piperazine rings is 1. The number of nitrogens with one attached hydrogen (secondary N) is 2. The minimum Gasteiger partial charge on any atom is -0.497 e. The number of nitrogens with zero attached hydrogens (tertiary/aromatic N) is 1. The number of rotatable bonds is 5. The van der Waals surface area contributed by atoms with Crippen molar-refractivity contribution in [3.05, 3.63) is 53.8 Å². The van der Waals surface area contributed by atoms with Crippen molar-refractivity contribution in [2.45, 2.75) is 6.92 Å². The van der Waals surface area contributed by atoms with E-state index in [-0.39, 0.29) is 11.7 Å². The molecule has 0 unspecified atom stereocenters. The van der Waals surface area contributed by atoms with E-state index in [1.54, 1.807) is 26.2 Å². The second kappa shape index (κ2) is 8.19. The SMILES string of the molecule is COc1cccc(N2CC[NH+](CC(=O)Nc3ccc(C)c(F)c3)CC2)c1. The molecule has 5 nitrogen and oxygen atoms in total. The lowest BCUT2D eigenvalue weighted by molar-refractivity contribution is -0.892. The van der Waals surface area contributed by atoms with E-state index in [4.69, 9.17) is 4.74 Å². The van der Waals surface area contributed by atoms with Gasteiger partial charge in [-0.2, -0.15) is 0 Å². The summed E-state index contributed by atoms with van der Waals surface area (Å²) in [5.41, 5.74) is 2.22. The summed E-state index contributed by atoms with van der Waals surface area (Å²) in [6.45, 7) is 5.62. The number of hydrogen-bond donors (Lipinski definition) is 2. The van der Waals surface area contributed by atoms with Gasteiger partial charge in [0.1, 0.15) is 11.6 Å². The normalized spacial score (nSPS) is 15.0. The average Bonchev–Trinajstić information content (AvgIpc) is 2.65. The molecule has 0 atom stereocenters. The molecular weight excluding hydrogens is 333 g/mol. The first-order valence-electron chi connectivity index (χ1n) is 8.84. The fraction of sp³-hybridized carbons (Fsp3) is 0.350. The standard InChI is InChI=1S/C20H24FN3O2/c1-15-6-7-16(12-19(15)21)22-20(25)14-23-8-10-24(11-9-23)17-4-3-5-18(13-17)26-2/h3-7,12-13H,8-11,14H2,1-2H3,(H,22,25)/p+1. The van der Waals surface area contributed by atoms with Crippen LogP contribution < -0.4 is 19.9 Å². The quantitative estimate of drug-likeness (QED) is 0.851. The zero-order valence-electron chi connectivity index (χ0n) is 15.2. The molecule has 1 aliphatic heterocycles. The Balaban J connectivity index is 1.50. The number of halogens is 1. The highest BCUT2D eigenvalue weighted by molar-refractivity contribution is 5.91. The first-order chi connectivity index (χ1) is 12.5. The molecule has 0 spiro atoms. The molecule has 1 fully saturated rings. The fourth-order valence-electron chi connectivity index (χ4n) is 3.17. The molecule has 0 saturated carbocycles.